The summed E-state index contributed by atoms with van der Waals surface area (Å²) in [5, 5.41) is 19.8. The van der Waals surface area contributed by atoms with E-state index in [0.717, 1.165) is 12.1 Å². The van der Waals surface area contributed by atoms with Crippen molar-refractivity contribution in [1.29, 1.82) is 0 Å². The molecule has 8 heteroatoms. The first-order chi connectivity index (χ1) is 8.90. The highest BCUT2D eigenvalue weighted by atomic mass is 19.1. The molecule has 1 heterocycles. The Morgan fingerprint density at radius 2 is 2.26 bits per heavy atom. The van der Waals surface area contributed by atoms with Crippen LogP contribution in [0, 0.1) is 15.9 Å². The van der Waals surface area contributed by atoms with Crippen molar-refractivity contribution in [3.05, 3.63) is 33.6 Å². The Bertz CT molecular complexity index is 549. The van der Waals surface area contributed by atoms with Gasteiger partial charge in [0.2, 0.25) is 0 Å². The fourth-order valence-corrected chi connectivity index (χ4v) is 2.12. The van der Waals surface area contributed by atoms with Crippen molar-refractivity contribution in [3.8, 4) is 0 Å². The highest BCUT2D eigenvalue weighted by Crippen LogP contribution is 2.33. The fraction of sp³-hybridized carbons (Fsp3) is 0.364. The van der Waals surface area contributed by atoms with Crippen molar-refractivity contribution < 1.29 is 19.2 Å². The zero-order chi connectivity index (χ0) is 14.2. The van der Waals surface area contributed by atoms with Crippen molar-refractivity contribution in [2.24, 2.45) is 5.73 Å². The Kier molecular flexibility index (Phi) is 3.34. The molecule has 0 bridgehead atoms. The molecule has 1 aromatic carbocycles. The number of anilines is 1. The van der Waals surface area contributed by atoms with Crippen LogP contribution in [0.25, 0.3) is 0 Å². The molecule has 1 atom stereocenters. The summed E-state index contributed by atoms with van der Waals surface area (Å²) in [6, 6.07) is 1.51. The van der Waals surface area contributed by atoms with Gasteiger partial charge in [0, 0.05) is 31.3 Å². The van der Waals surface area contributed by atoms with Gasteiger partial charge in [-0.1, -0.05) is 0 Å². The summed E-state index contributed by atoms with van der Waals surface area (Å²) in [4.78, 5) is 22.6. The second-order valence-electron chi connectivity index (χ2n) is 4.38. The molecular formula is C11H12FN3O4. The van der Waals surface area contributed by atoms with Gasteiger partial charge in [0.25, 0.3) is 5.69 Å². The number of carbonyl (C=O) groups is 1. The lowest BCUT2D eigenvalue weighted by Crippen LogP contribution is -2.27. The number of hydrogen-bond acceptors (Lipinski definition) is 5. The highest BCUT2D eigenvalue weighted by molar-refractivity contribution is 5.90. The van der Waals surface area contributed by atoms with Crippen molar-refractivity contribution in [1.82, 2.24) is 0 Å². The van der Waals surface area contributed by atoms with E-state index in [1.54, 1.807) is 4.90 Å². The molecule has 0 saturated carbocycles. The van der Waals surface area contributed by atoms with E-state index in [4.69, 9.17) is 10.8 Å². The Morgan fingerprint density at radius 1 is 1.58 bits per heavy atom. The summed E-state index contributed by atoms with van der Waals surface area (Å²) in [6.45, 7) is 0.862. The number of carboxylic acid groups (broad SMARTS) is 1. The Labute approximate surface area is 107 Å². The highest BCUT2D eigenvalue weighted by Gasteiger charge is 2.28. The molecule has 0 aromatic heterocycles. The van der Waals surface area contributed by atoms with Gasteiger partial charge in [-0.05, 0) is 6.42 Å². The minimum atomic E-state index is -1.54. The quantitative estimate of drug-likeness (QED) is 0.625. The number of carboxylic acids is 1. The van der Waals surface area contributed by atoms with Gasteiger partial charge in [0.15, 0.2) is 0 Å². The van der Waals surface area contributed by atoms with E-state index in [9.17, 15) is 19.3 Å². The molecule has 0 spiro atoms. The monoisotopic (exact) mass is 269 g/mol. The van der Waals surface area contributed by atoms with Crippen LogP contribution in [-0.2, 0) is 0 Å². The maximum absolute atomic E-state index is 13.6. The summed E-state index contributed by atoms with van der Waals surface area (Å²) in [7, 11) is 0. The molecule has 1 fully saturated rings. The number of nitrogens with two attached hydrogens (primary N) is 1. The number of aromatic carboxylic acids is 1. The van der Waals surface area contributed by atoms with E-state index >= 15 is 0 Å². The molecule has 2 rings (SSSR count). The summed E-state index contributed by atoms with van der Waals surface area (Å²) in [5.74, 6) is -2.53. The molecule has 102 valence electrons. The zero-order valence-electron chi connectivity index (χ0n) is 9.88. The van der Waals surface area contributed by atoms with Crippen molar-refractivity contribution in [2.45, 2.75) is 12.5 Å². The number of nitrogens with zero attached hydrogens (tertiary/aromatic N) is 2. The third kappa shape index (κ3) is 2.48. The lowest BCUT2D eigenvalue weighted by Gasteiger charge is -2.18. The number of nitro benzene ring substituents is 1. The van der Waals surface area contributed by atoms with Gasteiger partial charge in [-0.25, -0.2) is 9.18 Å². The summed E-state index contributed by atoms with van der Waals surface area (Å²) in [6.07, 6.45) is 0.652. The molecule has 1 aliphatic rings. The number of halogens is 1. The van der Waals surface area contributed by atoms with Crippen LogP contribution in [0.15, 0.2) is 12.1 Å². The average Bonchev–Trinajstić information content (AvgIpc) is 2.74. The van der Waals surface area contributed by atoms with Gasteiger partial charge in [0.1, 0.15) is 17.1 Å². The SMILES string of the molecule is NC1CCN(c2cc(F)c(C(=O)O)cc2[N+](=O)[O-])C1. The molecule has 1 unspecified atom stereocenters. The third-order valence-electron chi connectivity index (χ3n) is 3.06. The Morgan fingerprint density at radius 3 is 2.74 bits per heavy atom. The molecule has 0 aliphatic carbocycles. The van der Waals surface area contributed by atoms with Gasteiger partial charge in [0.05, 0.1) is 4.92 Å². The first-order valence-electron chi connectivity index (χ1n) is 5.62. The van der Waals surface area contributed by atoms with Crippen molar-refractivity contribution in [3.63, 3.8) is 0 Å². The molecule has 0 amide bonds. The first-order valence-corrected chi connectivity index (χ1v) is 5.62. The van der Waals surface area contributed by atoms with E-state index in [1.165, 1.54) is 0 Å². The average molecular weight is 269 g/mol. The smallest absolute Gasteiger partial charge is 0.338 e. The van der Waals surface area contributed by atoms with E-state index in [0.29, 0.717) is 19.5 Å². The van der Waals surface area contributed by atoms with Gasteiger partial charge < -0.3 is 15.7 Å². The molecule has 3 N–H and O–H groups in total. The predicted octanol–water partition coefficient (Wildman–Crippen LogP) is 0.969. The largest absolute Gasteiger partial charge is 0.478 e. The van der Waals surface area contributed by atoms with Crippen LogP contribution in [0.4, 0.5) is 15.8 Å². The lowest BCUT2D eigenvalue weighted by atomic mass is 10.1. The van der Waals surface area contributed by atoms with Crippen molar-refractivity contribution in [2.75, 3.05) is 18.0 Å². The normalized spacial score (nSPS) is 18.6. The molecule has 1 aliphatic heterocycles. The number of nitro groups is 1. The van der Waals surface area contributed by atoms with Crippen LogP contribution in [-0.4, -0.2) is 35.1 Å². The van der Waals surface area contributed by atoms with Crippen molar-refractivity contribution >= 4 is 17.3 Å². The van der Waals surface area contributed by atoms with Crippen LogP contribution in [0.5, 0.6) is 0 Å². The third-order valence-corrected chi connectivity index (χ3v) is 3.06. The minimum Gasteiger partial charge on any atom is -0.478 e. The van der Waals surface area contributed by atoms with E-state index in [1.807, 2.05) is 0 Å². The molecule has 7 nitrogen and oxygen atoms in total. The van der Waals surface area contributed by atoms with Crippen LogP contribution < -0.4 is 10.6 Å². The van der Waals surface area contributed by atoms with Gasteiger partial charge >= 0.3 is 5.97 Å². The number of rotatable bonds is 3. The standard InChI is InChI=1S/C11H12FN3O4/c12-8-4-9(14-2-1-6(13)5-14)10(15(18)19)3-7(8)11(16)17/h3-4,6H,1-2,5,13H2,(H,16,17). The fourth-order valence-electron chi connectivity index (χ4n) is 2.12. The van der Waals surface area contributed by atoms with Gasteiger partial charge in [-0.3, -0.25) is 10.1 Å². The maximum atomic E-state index is 13.6. The molecule has 1 saturated heterocycles. The Balaban J connectivity index is 2.51. The van der Waals surface area contributed by atoms with E-state index in [2.05, 4.69) is 0 Å². The Hall–Kier alpha value is -2.22. The number of hydrogen-bond donors (Lipinski definition) is 2. The van der Waals surface area contributed by atoms with Crippen LogP contribution in [0.1, 0.15) is 16.8 Å². The minimum absolute atomic E-state index is 0.0699. The molecule has 19 heavy (non-hydrogen) atoms. The molecule has 0 radical (unpaired) electrons. The molecule has 1 aromatic rings. The topological polar surface area (TPSA) is 110 Å². The van der Waals surface area contributed by atoms with Crippen LogP contribution in [0.3, 0.4) is 0 Å². The van der Waals surface area contributed by atoms with Gasteiger partial charge in [-0.15, -0.1) is 0 Å². The second-order valence-corrected chi connectivity index (χ2v) is 4.38. The number of benzene rings is 1. The van der Waals surface area contributed by atoms with Gasteiger partial charge in [-0.2, -0.15) is 0 Å². The van der Waals surface area contributed by atoms with Crippen LogP contribution in [0.2, 0.25) is 0 Å². The second kappa shape index (κ2) is 4.81. The summed E-state index contributed by atoms with van der Waals surface area (Å²) >= 11 is 0. The zero-order valence-corrected chi connectivity index (χ0v) is 9.88. The van der Waals surface area contributed by atoms with E-state index in [-0.39, 0.29) is 11.7 Å². The first kappa shape index (κ1) is 13.2. The van der Waals surface area contributed by atoms with Crippen LogP contribution >= 0.6 is 0 Å². The predicted molar refractivity (Wildman–Crippen MR) is 64.8 cm³/mol. The lowest BCUT2D eigenvalue weighted by molar-refractivity contribution is -0.384. The maximum Gasteiger partial charge on any atom is 0.338 e. The summed E-state index contributed by atoms with van der Waals surface area (Å²) in [5.41, 5.74) is 4.64. The summed E-state index contributed by atoms with van der Waals surface area (Å²) < 4.78 is 13.6. The van der Waals surface area contributed by atoms with E-state index < -0.39 is 28.0 Å². The molecular weight excluding hydrogens is 257 g/mol.